The molecule has 2 N–H and O–H groups in total. The van der Waals surface area contributed by atoms with E-state index in [4.69, 9.17) is 14.5 Å². The Morgan fingerprint density at radius 3 is 2.63 bits per heavy atom. The Kier molecular flexibility index (Phi) is 5.98. The lowest BCUT2D eigenvalue weighted by Gasteiger charge is -2.10. The Morgan fingerprint density at radius 2 is 2.00 bits per heavy atom. The maximum Gasteiger partial charge on any atom is 0.263 e. The van der Waals surface area contributed by atoms with Gasteiger partial charge in [0.25, 0.3) is 5.91 Å². The number of amides is 1. The normalized spacial score (nSPS) is 11.0. The highest BCUT2D eigenvalue weighted by molar-refractivity contribution is 7.19. The van der Waals surface area contributed by atoms with Crippen molar-refractivity contribution < 1.29 is 14.3 Å². The van der Waals surface area contributed by atoms with Crippen molar-refractivity contribution in [3.05, 3.63) is 34.8 Å². The van der Waals surface area contributed by atoms with E-state index in [1.807, 2.05) is 42.5 Å². The monoisotopic (exact) mass is 388 g/mol. The number of aromatic nitrogens is 2. The first kappa shape index (κ1) is 19.2. The van der Waals surface area contributed by atoms with Crippen LogP contribution in [0, 0.1) is 6.92 Å². The number of methoxy groups -OCH3 is 2. The second kappa shape index (κ2) is 8.41. The van der Waals surface area contributed by atoms with Crippen LogP contribution in [0.4, 0.5) is 5.82 Å². The average molecular weight is 388 g/mol. The molecule has 1 amide bonds. The van der Waals surface area contributed by atoms with Crippen LogP contribution in [0.1, 0.15) is 22.3 Å². The summed E-state index contributed by atoms with van der Waals surface area (Å²) in [6, 6.07) is 7.78. The van der Waals surface area contributed by atoms with Crippen LogP contribution in [-0.2, 0) is 4.74 Å². The van der Waals surface area contributed by atoms with Gasteiger partial charge in [-0.1, -0.05) is 11.3 Å². The minimum absolute atomic E-state index is 0.0701. The summed E-state index contributed by atoms with van der Waals surface area (Å²) >= 11 is 1.39. The maximum atomic E-state index is 12.3. The third-order valence-corrected chi connectivity index (χ3v) is 5.35. The van der Waals surface area contributed by atoms with Crippen LogP contribution in [0.2, 0.25) is 0 Å². The smallest absolute Gasteiger partial charge is 0.263 e. The summed E-state index contributed by atoms with van der Waals surface area (Å²) in [4.78, 5) is 18.6. The fourth-order valence-electron chi connectivity index (χ4n) is 2.88. The van der Waals surface area contributed by atoms with Crippen molar-refractivity contribution in [2.75, 3.05) is 39.2 Å². The molecule has 8 heteroatoms. The number of rotatable bonds is 8. The second-order valence-electron chi connectivity index (χ2n) is 5.95. The van der Waals surface area contributed by atoms with Crippen LogP contribution in [0.15, 0.2) is 24.3 Å². The van der Waals surface area contributed by atoms with E-state index in [2.05, 4.69) is 10.6 Å². The molecule has 1 aromatic carbocycles. The van der Waals surface area contributed by atoms with Gasteiger partial charge >= 0.3 is 0 Å². The van der Waals surface area contributed by atoms with Crippen molar-refractivity contribution in [1.82, 2.24) is 14.7 Å². The van der Waals surface area contributed by atoms with E-state index in [1.54, 1.807) is 14.2 Å². The number of nitrogens with zero attached hydrogens (tertiary/aromatic N) is 2. The number of aryl methyl sites for hydroxylation is 1. The highest BCUT2D eigenvalue weighted by Crippen LogP contribution is 2.35. The van der Waals surface area contributed by atoms with Gasteiger partial charge in [0.05, 0.1) is 13.7 Å². The number of hydrogen-bond acceptors (Lipinski definition) is 6. The molecule has 2 aromatic heterocycles. The largest absolute Gasteiger partial charge is 0.497 e. The van der Waals surface area contributed by atoms with Crippen molar-refractivity contribution in [2.45, 2.75) is 13.8 Å². The summed E-state index contributed by atoms with van der Waals surface area (Å²) < 4.78 is 12.4. The molecule has 0 spiro atoms. The van der Waals surface area contributed by atoms with Gasteiger partial charge in [0.1, 0.15) is 22.1 Å². The minimum Gasteiger partial charge on any atom is -0.497 e. The number of hydrogen-bond donors (Lipinski definition) is 2. The predicted octanol–water partition coefficient (Wildman–Crippen LogP) is 3.19. The van der Waals surface area contributed by atoms with Gasteiger partial charge in [-0.2, -0.15) is 0 Å². The third-order valence-electron chi connectivity index (χ3n) is 4.21. The van der Waals surface area contributed by atoms with E-state index in [0.29, 0.717) is 24.6 Å². The van der Waals surface area contributed by atoms with Gasteiger partial charge in [0.15, 0.2) is 4.96 Å². The van der Waals surface area contributed by atoms with Gasteiger partial charge in [0, 0.05) is 31.5 Å². The summed E-state index contributed by atoms with van der Waals surface area (Å²) in [6.07, 6.45) is 0. The van der Waals surface area contributed by atoms with Crippen molar-refractivity contribution in [3.8, 4) is 17.0 Å². The minimum atomic E-state index is -0.0701. The lowest BCUT2D eigenvalue weighted by atomic mass is 10.1. The van der Waals surface area contributed by atoms with E-state index >= 15 is 0 Å². The van der Waals surface area contributed by atoms with Gasteiger partial charge in [-0.25, -0.2) is 4.98 Å². The molecule has 27 heavy (non-hydrogen) atoms. The molecule has 144 valence electrons. The standard InChI is InChI=1S/C19H24N4O3S/c1-5-20-18(24)16-12(2)23-17(21-10-11-25-3)15(22-19(23)27-16)13-6-8-14(26-4)9-7-13/h6-9,21H,5,10-11H2,1-4H3,(H,20,24). The van der Waals surface area contributed by atoms with E-state index in [9.17, 15) is 4.79 Å². The first-order valence-electron chi connectivity index (χ1n) is 8.78. The molecule has 0 unspecified atom stereocenters. The molecule has 0 radical (unpaired) electrons. The Hall–Kier alpha value is -2.58. The van der Waals surface area contributed by atoms with Crippen LogP contribution in [0.25, 0.3) is 16.2 Å². The molecule has 7 nitrogen and oxygen atoms in total. The molecule has 0 aliphatic heterocycles. The summed E-state index contributed by atoms with van der Waals surface area (Å²) in [7, 11) is 3.31. The summed E-state index contributed by atoms with van der Waals surface area (Å²) in [5, 5.41) is 6.27. The molecule has 0 aliphatic carbocycles. The van der Waals surface area contributed by atoms with Crippen LogP contribution in [-0.4, -0.2) is 49.2 Å². The lowest BCUT2D eigenvalue weighted by Crippen LogP contribution is -2.22. The number of carbonyl (C=O) groups is 1. The average Bonchev–Trinajstić information content (AvgIpc) is 3.19. The number of fused-ring (bicyclic) bond motifs is 1. The maximum absolute atomic E-state index is 12.3. The van der Waals surface area contributed by atoms with Gasteiger partial charge in [0.2, 0.25) is 0 Å². The first-order valence-corrected chi connectivity index (χ1v) is 9.59. The zero-order valence-corrected chi connectivity index (χ0v) is 16.8. The topological polar surface area (TPSA) is 76.9 Å². The quantitative estimate of drug-likeness (QED) is 0.580. The fraction of sp³-hybridized carbons (Fsp3) is 0.368. The fourth-order valence-corrected chi connectivity index (χ4v) is 3.93. The van der Waals surface area contributed by atoms with Gasteiger partial charge in [-0.15, -0.1) is 0 Å². The van der Waals surface area contributed by atoms with E-state index in [1.165, 1.54) is 11.3 Å². The second-order valence-corrected chi connectivity index (χ2v) is 6.93. The number of ether oxygens (including phenoxy) is 2. The van der Waals surface area contributed by atoms with Gasteiger partial charge in [-0.3, -0.25) is 9.20 Å². The lowest BCUT2D eigenvalue weighted by molar-refractivity contribution is 0.0959. The zero-order chi connectivity index (χ0) is 19.4. The molecule has 2 heterocycles. The van der Waals surface area contributed by atoms with Crippen LogP contribution in [0.5, 0.6) is 5.75 Å². The molecule has 0 saturated heterocycles. The van der Waals surface area contributed by atoms with Crippen LogP contribution < -0.4 is 15.4 Å². The molecular weight excluding hydrogens is 364 g/mol. The Bertz CT molecular complexity index is 931. The number of anilines is 1. The third kappa shape index (κ3) is 3.77. The van der Waals surface area contributed by atoms with Crippen LogP contribution >= 0.6 is 11.3 Å². The van der Waals surface area contributed by atoms with E-state index in [-0.39, 0.29) is 5.91 Å². The predicted molar refractivity (Wildman–Crippen MR) is 108 cm³/mol. The molecule has 0 fully saturated rings. The number of thiazole rings is 1. The number of benzene rings is 1. The van der Waals surface area contributed by atoms with Crippen LogP contribution in [0.3, 0.4) is 0 Å². The van der Waals surface area contributed by atoms with Gasteiger partial charge < -0.3 is 20.1 Å². The van der Waals surface area contributed by atoms with Crippen molar-refractivity contribution in [1.29, 1.82) is 0 Å². The van der Waals surface area contributed by atoms with Crippen molar-refractivity contribution in [3.63, 3.8) is 0 Å². The SMILES string of the molecule is CCNC(=O)c1sc2nc(-c3ccc(OC)cc3)c(NCCOC)n2c1C. The highest BCUT2D eigenvalue weighted by atomic mass is 32.1. The summed E-state index contributed by atoms with van der Waals surface area (Å²) in [6.45, 7) is 5.65. The Morgan fingerprint density at radius 1 is 1.26 bits per heavy atom. The Labute approximate surface area is 162 Å². The van der Waals surface area contributed by atoms with Gasteiger partial charge in [-0.05, 0) is 38.1 Å². The Balaban J connectivity index is 2.09. The molecule has 0 bridgehead atoms. The molecule has 3 aromatic rings. The molecule has 0 atom stereocenters. The highest BCUT2D eigenvalue weighted by Gasteiger charge is 2.22. The first-order chi connectivity index (χ1) is 13.1. The molecule has 0 aliphatic rings. The number of carbonyl (C=O) groups excluding carboxylic acids is 1. The summed E-state index contributed by atoms with van der Waals surface area (Å²) in [5.41, 5.74) is 2.68. The van der Waals surface area contributed by atoms with Crippen molar-refractivity contribution >= 4 is 28.0 Å². The molecule has 3 rings (SSSR count). The zero-order valence-electron chi connectivity index (χ0n) is 16.0. The molecular formula is C19H24N4O3S. The molecule has 0 saturated carbocycles. The van der Waals surface area contributed by atoms with E-state index < -0.39 is 0 Å². The number of imidazole rings is 1. The van der Waals surface area contributed by atoms with Crippen molar-refractivity contribution in [2.24, 2.45) is 0 Å². The van der Waals surface area contributed by atoms with E-state index in [0.717, 1.165) is 33.5 Å². The number of nitrogens with one attached hydrogen (secondary N) is 2. The summed E-state index contributed by atoms with van der Waals surface area (Å²) in [5.74, 6) is 1.58.